The first-order valence-electron chi connectivity index (χ1n) is 7.04. The zero-order valence-corrected chi connectivity index (χ0v) is 11.8. The lowest BCUT2D eigenvalue weighted by Crippen LogP contribution is -2.36. The minimum Gasteiger partial charge on any atom is -0.385 e. The number of nitrogens with zero attached hydrogens (tertiary/aromatic N) is 2. The van der Waals surface area contributed by atoms with Crippen molar-refractivity contribution in [1.29, 1.82) is 0 Å². The second kappa shape index (κ2) is 9.16. The Balaban J connectivity index is 2.12. The van der Waals surface area contributed by atoms with E-state index in [2.05, 4.69) is 22.1 Å². The molecular formula is C13H28N4O. The van der Waals surface area contributed by atoms with Crippen molar-refractivity contribution in [2.24, 2.45) is 10.7 Å². The zero-order valence-electron chi connectivity index (χ0n) is 11.8. The largest absolute Gasteiger partial charge is 0.385 e. The number of aliphatic imine (C=N–C) groups is 1. The molecule has 1 heterocycles. The van der Waals surface area contributed by atoms with Gasteiger partial charge in [-0.05, 0) is 38.8 Å². The van der Waals surface area contributed by atoms with Gasteiger partial charge in [-0.2, -0.15) is 0 Å². The van der Waals surface area contributed by atoms with Crippen molar-refractivity contribution in [3.63, 3.8) is 0 Å². The lowest BCUT2D eigenvalue weighted by molar-refractivity contribution is 0.193. The van der Waals surface area contributed by atoms with Gasteiger partial charge in [-0.15, -0.1) is 0 Å². The van der Waals surface area contributed by atoms with Gasteiger partial charge in [0.05, 0.1) is 6.54 Å². The molecule has 1 atom stereocenters. The van der Waals surface area contributed by atoms with E-state index in [1.165, 1.54) is 19.4 Å². The number of nitrogens with two attached hydrogens (primary N) is 1. The maximum atomic E-state index is 5.84. The Kier molecular flexibility index (Phi) is 7.76. The molecular weight excluding hydrogens is 228 g/mol. The summed E-state index contributed by atoms with van der Waals surface area (Å²) < 4.78 is 4.99. The molecule has 1 aliphatic heterocycles. The van der Waals surface area contributed by atoms with Gasteiger partial charge in [-0.3, -0.25) is 9.89 Å². The van der Waals surface area contributed by atoms with Gasteiger partial charge in [0, 0.05) is 26.3 Å². The Morgan fingerprint density at radius 1 is 1.50 bits per heavy atom. The van der Waals surface area contributed by atoms with Crippen LogP contribution >= 0.6 is 0 Å². The average Bonchev–Trinajstić information content (AvgIpc) is 2.83. The summed E-state index contributed by atoms with van der Waals surface area (Å²) in [6.45, 7) is 7.04. The van der Waals surface area contributed by atoms with Crippen LogP contribution in [0.25, 0.3) is 0 Å². The van der Waals surface area contributed by atoms with Crippen molar-refractivity contribution in [2.45, 2.75) is 38.6 Å². The van der Waals surface area contributed by atoms with E-state index in [1.807, 2.05) is 0 Å². The fourth-order valence-corrected chi connectivity index (χ4v) is 2.37. The van der Waals surface area contributed by atoms with Gasteiger partial charge in [0.2, 0.25) is 0 Å². The number of unbranched alkanes of at least 4 members (excludes halogenated alkanes) is 1. The minimum absolute atomic E-state index is 0.579. The third-order valence-corrected chi connectivity index (χ3v) is 3.46. The van der Waals surface area contributed by atoms with E-state index in [-0.39, 0.29) is 0 Å². The van der Waals surface area contributed by atoms with Gasteiger partial charge in [0.25, 0.3) is 0 Å². The fourth-order valence-electron chi connectivity index (χ4n) is 2.37. The quantitative estimate of drug-likeness (QED) is 0.383. The van der Waals surface area contributed by atoms with Crippen LogP contribution in [0.1, 0.15) is 32.6 Å². The number of rotatable bonds is 8. The maximum Gasteiger partial charge on any atom is 0.188 e. The summed E-state index contributed by atoms with van der Waals surface area (Å²) in [4.78, 5) is 6.91. The van der Waals surface area contributed by atoms with Crippen LogP contribution in [0, 0.1) is 0 Å². The first-order valence-corrected chi connectivity index (χ1v) is 7.04. The van der Waals surface area contributed by atoms with E-state index in [1.54, 1.807) is 7.11 Å². The molecule has 0 aromatic rings. The standard InChI is InChI=1S/C13H28N4O/c1-3-17-9-6-7-12(17)11-16-13(14)15-8-4-5-10-18-2/h12H,3-11H2,1-2H3,(H3,14,15,16)/t12-/m1/s1. The van der Waals surface area contributed by atoms with Gasteiger partial charge in [-0.1, -0.05) is 6.92 Å². The highest BCUT2D eigenvalue weighted by atomic mass is 16.5. The van der Waals surface area contributed by atoms with E-state index in [4.69, 9.17) is 10.5 Å². The Hall–Kier alpha value is -0.810. The van der Waals surface area contributed by atoms with E-state index in [0.29, 0.717) is 12.0 Å². The molecule has 0 aromatic carbocycles. The van der Waals surface area contributed by atoms with Crippen LogP contribution in [0.15, 0.2) is 4.99 Å². The summed E-state index contributed by atoms with van der Waals surface area (Å²) in [6.07, 6.45) is 4.66. The molecule has 1 aliphatic rings. The van der Waals surface area contributed by atoms with Crippen LogP contribution in [0.4, 0.5) is 0 Å². The van der Waals surface area contributed by atoms with E-state index >= 15 is 0 Å². The SMILES string of the molecule is CCN1CCC[C@@H]1CN=C(N)NCCCCOC. The van der Waals surface area contributed by atoms with Crippen LogP contribution in [-0.4, -0.2) is 56.8 Å². The number of methoxy groups -OCH3 is 1. The van der Waals surface area contributed by atoms with Crippen molar-refractivity contribution in [1.82, 2.24) is 10.2 Å². The number of hydrogen-bond donors (Lipinski definition) is 2. The molecule has 5 nitrogen and oxygen atoms in total. The summed E-state index contributed by atoms with van der Waals surface area (Å²) >= 11 is 0. The van der Waals surface area contributed by atoms with Crippen molar-refractivity contribution in [3.8, 4) is 0 Å². The lowest BCUT2D eigenvalue weighted by atomic mass is 10.2. The molecule has 0 radical (unpaired) electrons. The number of hydrogen-bond acceptors (Lipinski definition) is 3. The van der Waals surface area contributed by atoms with Crippen LogP contribution < -0.4 is 11.1 Å². The highest BCUT2D eigenvalue weighted by Crippen LogP contribution is 2.16. The topological polar surface area (TPSA) is 62.9 Å². The summed E-state index contributed by atoms with van der Waals surface area (Å²) in [7, 11) is 1.73. The van der Waals surface area contributed by atoms with Gasteiger partial charge in [-0.25, -0.2) is 0 Å². The Labute approximate surface area is 111 Å². The normalized spacial score (nSPS) is 21.4. The van der Waals surface area contributed by atoms with Crippen molar-refractivity contribution in [3.05, 3.63) is 0 Å². The molecule has 106 valence electrons. The molecule has 0 aromatic heterocycles. The highest BCUT2D eigenvalue weighted by Gasteiger charge is 2.22. The second-order valence-corrected chi connectivity index (χ2v) is 4.78. The van der Waals surface area contributed by atoms with E-state index in [9.17, 15) is 0 Å². The van der Waals surface area contributed by atoms with Crippen molar-refractivity contribution < 1.29 is 4.74 Å². The second-order valence-electron chi connectivity index (χ2n) is 4.78. The Bertz CT molecular complexity index is 245. The number of ether oxygens (including phenoxy) is 1. The number of likely N-dealkylation sites (N-methyl/N-ethyl adjacent to an activating group) is 1. The number of likely N-dealkylation sites (tertiary alicyclic amines) is 1. The summed E-state index contributed by atoms with van der Waals surface area (Å²) in [5, 5.41) is 3.15. The average molecular weight is 256 g/mol. The van der Waals surface area contributed by atoms with Gasteiger partial charge < -0.3 is 15.8 Å². The van der Waals surface area contributed by atoms with Crippen LogP contribution in [0.5, 0.6) is 0 Å². The third kappa shape index (κ3) is 5.69. The summed E-state index contributed by atoms with van der Waals surface area (Å²) in [6, 6.07) is 0.587. The molecule has 0 amide bonds. The molecule has 5 heteroatoms. The monoisotopic (exact) mass is 256 g/mol. The van der Waals surface area contributed by atoms with E-state index < -0.39 is 0 Å². The van der Waals surface area contributed by atoms with Crippen LogP contribution in [-0.2, 0) is 4.74 Å². The smallest absolute Gasteiger partial charge is 0.188 e. The first kappa shape index (κ1) is 15.2. The van der Waals surface area contributed by atoms with Crippen molar-refractivity contribution >= 4 is 5.96 Å². The minimum atomic E-state index is 0.579. The number of guanidine groups is 1. The first-order chi connectivity index (χ1) is 8.77. The molecule has 1 saturated heterocycles. The van der Waals surface area contributed by atoms with E-state index in [0.717, 1.165) is 39.1 Å². The highest BCUT2D eigenvalue weighted by molar-refractivity contribution is 5.77. The van der Waals surface area contributed by atoms with Crippen molar-refractivity contribution in [2.75, 3.05) is 39.9 Å². The molecule has 0 unspecified atom stereocenters. The third-order valence-electron chi connectivity index (χ3n) is 3.46. The van der Waals surface area contributed by atoms with Gasteiger partial charge in [0.1, 0.15) is 0 Å². The zero-order chi connectivity index (χ0) is 13.2. The molecule has 18 heavy (non-hydrogen) atoms. The maximum absolute atomic E-state index is 5.84. The predicted molar refractivity (Wildman–Crippen MR) is 75.9 cm³/mol. The predicted octanol–water partition coefficient (Wildman–Crippen LogP) is 0.802. The van der Waals surface area contributed by atoms with Crippen LogP contribution in [0.3, 0.4) is 0 Å². The lowest BCUT2D eigenvalue weighted by Gasteiger charge is -2.20. The Morgan fingerprint density at radius 2 is 2.33 bits per heavy atom. The summed E-state index contributed by atoms with van der Waals surface area (Å²) in [5.41, 5.74) is 5.84. The van der Waals surface area contributed by atoms with Gasteiger partial charge >= 0.3 is 0 Å². The fraction of sp³-hybridized carbons (Fsp3) is 0.923. The Morgan fingerprint density at radius 3 is 3.06 bits per heavy atom. The molecule has 1 fully saturated rings. The molecule has 0 aliphatic carbocycles. The van der Waals surface area contributed by atoms with Crippen LogP contribution in [0.2, 0.25) is 0 Å². The van der Waals surface area contributed by atoms with Gasteiger partial charge in [0.15, 0.2) is 5.96 Å². The molecule has 0 bridgehead atoms. The molecule has 1 rings (SSSR count). The molecule has 0 spiro atoms. The molecule has 0 saturated carbocycles. The molecule has 3 N–H and O–H groups in total. The summed E-state index contributed by atoms with van der Waals surface area (Å²) in [5.74, 6) is 0.579. The number of nitrogens with one attached hydrogen (secondary N) is 1.